The van der Waals surface area contributed by atoms with E-state index in [-0.39, 0.29) is 18.9 Å². The quantitative estimate of drug-likeness (QED) is 0.0204. The van der Waals surface area contributed by atoms with Gasteiger partial charge in [-0.25, -0.2) is 0 Å². The van der Waals surface area contributed by atoms with Crippen LogP contribution >= 0.6 is 0 Å². The van der Waals surface area contributed by atoms with Crippen LogP contribution in [0.3, 0.4) is 0 Å². The van der Waals surface area contributed by atoms with Crippen LogP contribution < -0.4 is 5.32 Å². The highest BCUT2D eigenvalue weighted by Gasteiger charge is 2.51. The highest BCUT2D eigenvalue weighted by atomic mass is 16.7. The maximum absolute atomic E-state index is 13.3. The second kappa shape index (κ2) is 53.9. The van der Waals surface area contributed by atoms with Gasteiger partial charge in [-0.3, -0.25) is 4.79 Å². The Morgan fingerprint density at radius 1 is 0.446 bits per heavy atom. The summed E-state index contributed by atoms with van der Waals surface area (Å²) in [4.78, 5) is 13.3. The lowest BCUT2D eigenvalue weighted by Crippen LogP contribution is -2.65. The molecule has 0 saturated carbocycles. The van der Waals surface area contributed by atoms with Gasteiger partial charge < -0.3 is 65.1 Å². The molecule has 83 heavy (non-hydrogen) atoms. The van der Waals surface area contributed by atoms with Crippen LogP contribution in [0.2, 0.25) is 0 Å². The van der Waals surface area contributed by atoms with E-state index in [1.165, 1.54) is 154 Å². The van der Waals surface area contributed by atoms with Crippen molar-refractivity contribution in [1.29, 1.82) is 0 Å². The number of hydrogen-bond donors (Lipinski definition) is 9. The number of aliphatic hydroxyl groups excluding tert-OH is 8. The van der Waals surface area contributed by atoms with Gasteiger partial charge in [0.15, 0.2) is 12.6 Å². The maximum atomic E-state index is 13.3. The van der Waals surface area contributed by atoms with Gasteiger partial charge >= 0.3 is 0 Å². The molecule has 2 aliphatic heterocycles. The number of amides is 1. The van der Waals surface area contributed by atoms with E-state index >= 15 is 0 Å². The van der Waals surface area contributed by atoms with Crippen molar-refractivity contribution in [3.63, 3.8) is 0 Å². The molecule has 484 valence electrons. The molecule has 2 saturated heterocycles. The number of nitrogens with one attached hydrogen (secondary N) is 1. The van der Waals surface area contributed by atoms with Gasteiger partial charge in [-0.2, -0.15) is 0 Å². The first kappa shape index (κ1) is 76.8. The summed E-state index contributed by atoms with van der Waals surface area (Å²) >= 11 is 0. The second-order valence-corrected chi connectivity index (χ2v) is 23.9. The molecule has 2 rings (SSSR count). The lowest BCUT2D eigenvalue weighted by atomic mass is 9.97. The molecule has 0 bridgehead atoms. The first-order valence-corrected chi connectivity index (χ1v) is 34.0. The number of allylic oxidation sites excluding steroid dienone is 10. The Morgan fingerprint density at radius 2 is 0.831 bits per heavy atom. The molecule has 1 amide bonds. The van der Waals surface area contributed by atoms with Crippen LogP contribution in [0.1, 0.15) is 277 Å². The van der Waals surface area contributed by atoms with Gasteiger partial charge in [0.25, 0.3) is 0 Å². The van der Waals surface area contributed by atoms with Crippen molar-refractivity contribution in [3.8, 4) is 0 Å². The maximum Gasteiger partial charge on any atom is 0.220 e. The second-order valence-electron chi connectivity index (χ2n) is 23.9. The molecular weight excluding hydrogens is 1050 g/mol. The number of carbonyl (C=O) groups is 1. The fourth-order valence-electron chi connectivity index (χ4n) is 11.1. The monoisotopic (exact) mass is 1180 g/mol. The summed E-state index contributed by atoms with van der Waals surface area (Å²) in [5, 5.41) is 87.5. The molecular formula is C69H125NO13. The van der Waals surface area contributed by atoms with Gasteiger partial charge in [-0.05, 0) is 57.8 Å². The van der Waals surface area contributed by atoms with E-state index in [1.807, 2.05) is 0 Å². The zero-order valence-corrected chi connectivity index (χ0v) is 52.4. The van der Waals surface area contributed by atoms with Crippen LogP contribution in [0.4, 0.5) is 0 Å². The summed E-state index contributed by atoms with van der Waals surface area (Å²) in [6.07, 6.45) is 53.7. The number of rotatable bonds is 55. The third-order valence-corrected chi connectivity index (χ3v) is 16.5. The smallest absolute Gasteiger partial charge is 0.220 e. The Bertz CT molecular complexity index is 1620. The van der Waals surface area contributed by atoms with Gasteiger partial charge in [0.2, 0.25) is 5.91 Å². The van der Waals surface area contributed by atoms with Crippen LogP contribution in [0, 0.1) is 0 Å². The SMILES string of the molecule is CC/C=C\C/C=C\C/C=C\C/C=C\C/C=C\CCCCCCCC(=O)NC(COC1OC(CO)C(OC2OC(CO)C(O)C(O)C2O)C(O)C1O)C(O)CCCCCCCCCCCCCCCCCCCCCCCCCCCCCC. The molecule has 9 N–H and O–H groups in total. The molecule has 2 heterocycles. The molecule has 0 aromatic heterocycles. The molecule has 12 unspecified atom stereocenters. The number of carbonyl (C=O) groups excluding carboxylic acids is 1. The predicted octanol–water partition coefficient (Wildman–Crippen LogP) is 13.3. The van der Waals surface area contributed by atoms with Crippen molar-refractivity contribution in [2.75, 3.05) is 19.8 Å². The summed E-state index contributed by atoms with van der Waals surface area (Å²) in [7, 11) is 0. The highest BCUT2D eigenvalue weighted by molar-refractivity contribution is 5.76. The third-order valence-electron chi connectivity index (χ3n) is 16.5. The highest BCUT2D eigenvalue weighted by Crippen LogP contribution is 2.30. The van der Waals surface area contributed by atoms with E-state index in [9.17, 15) is 45.6 Å². The van der Waals surface area contributed by atoms with Gasteiger partial charge in [-0.15, -0.1) is 0 Å². The molecule has 2 aliphatic rings. The summed E-state index contributed by atoms with van der Waals surface area (Å²) in [6, 6.07) is -0.844. The minimum Gasteiger partial charge on any atom is -0.394 e. The standard InChI is InChI=1S/C69H125NO13/c1-3-5-7-9-11-13-15-17-19-21-23-25-26-27-28-29-30-31-33-34-36-38-40-42-44-46-48-50-52-58(73)57(56-80-68-66(79)64(77)67(60(55-72)82-68)83-69-65(78)63(76)62(75)59(54-71)81-69)70-61(74)53-51-49-47-45-43-41-39-37-35-32-24-22-20-18-16-14-12-10-8-6-4-2/h6,8,12,14,18,20,24,32,37,39,57-60,62-69,71-73,75-79H,3-5,7,9-11,13,15-17,19,21-23,25-31,33-36,38,40-56H2,1-2H3,(H,70,74)/b8-6-,14-12-,20-18-,32-24-,39-37-. The van der Waals surface area contributed by atoms with Gasteiger partial charge in [0, 0.05) is 6.42 Å². The van der Waals surface area contributed by atoms with Crippen LogP contribution in [0.5, 0.6) is 0 Å². The van der Waals surface area contributed by atoms with E-state index in [4.69, 9.17) is 18.9 Å². The topological polar surface area (TPSA) is 228 Å². The first-order chi connectivity index (χ1) is 40.6. The van der Waals surface area contributed by atoms with Gasteiger partial charge in [0.1, 0.15) is 48.8 Å². The Hall–Kier alpha value is -2.31. The number of hydrogen-bond acceptors (Lipinski definition) is 13. The fraction of sp³-hybridized carbons (Fsp3) is 0.841. The summed E-state index contributed by atoms with van der Waals surface area (Å²) < 4.78 is 22.9. The average molecular weight is 1180 g/mol. The van der Waals surface area contributed by atoms with Crippen molar-refractivity contribution in [1.82, 2.24) is 5.32 Å². The zero-order chi connectivity index (χ0) is 60.2. The lowest BCUT2D eigenvalue weighted by Gasteiger charge is -2.46. The molecule has 14 nitrogen and oxygen atoms in total. The van der Waals surface area contributed by atoms with Gasteiger partial charge in [0.05, 0.1) is 32.0 Å². The van der Waals surface area contributed by atoms with Crippen molar-refractivity contribution in [2.24, 2.45) is 0 Å². The molecule has 0 aliphatic carbocycles. The zero-order valence-electron chi connectivity index (χ0n) is 52.4. The van der Waals surface area contributed by atoms with E-state index < -0.39 is 86.8 Å². The van der Waals surface area contributed by atoms with E-state index in [1.54, 1.807) is 0 Å². The number of aliphatic hydroxyl groups is 8. The summed E-state index contributed by atoms with van der Waals surface area (Å²) in [5.74, 6) is -0.224. The normalized spacial score (nSPS) is 24.2. The Balaban J connectivity index is 1.69. The third kappa shape index (κ3) is 38.6. The average Bonchev–Trinajstić information content (AvgIpc) is 3.59. The molecule has 0 spiro atoms. The minimum absolute atomic E-state index is 0.224. The van der Waals surface area contributed by atoms with Crippen LogP contribution in [-0.4, -0.2) is 140 Å². The summed E-state index contributed by atoms with van der Waals surface area (Å²) in [5.41, 5.74) is 0. The van der Waals surface area contributed by atoms with Crippen LogP contribution in [-0.2, 0) is 23.7 Å². The molecule has 14 heteroatoms. The number of ether oxygens (including phenoxy) is 4. The summed E-state index contributed by atoms with van der Waals surface area (Å²) in [6.45, 7) is 2.76. The minimum atomic E-state index is -1.79. The Labute approximate surface area is 505 Å². The van der Waals surface area contributed by atoms with Crippen molar-refractivity contribution >= 4 is 5.91 Å². The molecule has 2 fully saturated rings. The van der Waals surface area contributed by atoms with Crippen LogP contribution in [0.25, 0.3) is 0 Å². The van der Waals surface area contributed by atoms with Crippen LogP contribution in [0.15, 0.2) is 60.8 Å². The van der Waals surface area contributed by atoms with E-state index in [0.717, 1.165) is 89.9 Å². The van der Waals surface area contributed by atoms with Crippen molar-refractivity contribution in [2.45, 2.75) is 351 Å². The lowest BCUT2D eigenvalue weighted by molar-refractivity contribution is -0.359. The molecule has 0 radical (unpaired) electrons. The Morgan fingerprint density at radius 3 is 1.28 bits per heavy atom. The molecule has 0 aromatic carbocycles. The van der Waals surface area contributed by atoms with E-state index in [2.05, 4.69) is 79.9 Å². The van der Waals surface area contributed by atoms with Crippen molar-refractivity contribution in [3.05, 3.63) is 60.8 Å². The van der Waals surface area contributed by atoms with Crippen molar-refractivity contribution < 1.29 is 64.6 Å². The number of unbranched alkanes of at least 4 members (excludes halogenated alkanes) is 32. The predicted molar refractivity (Wildman–Crippen MR) is 337 cm³/mol. The molecule has 0 aromatic rings. The largest absolute Gasteiger partial charge is 0.394 e. The van der Waals surface area contributed by atoms with Gasteiger partial charge in [-0.1, -0.05) is 274 Å². The fourth-order valence-corrected chi connectivity index (χ4v) is 11.1. The Kier molecular flexibility index (Phi) is 49.9. The molecule has 12 atom stereocenters. The first-order valence-electron chi connectivity index (χ1n) is 34.0. The van der Waals surface area contributed by atoms with E-state index in [0.29, 0.717) is 12.8 Å².